The Labute approximate surface area is 113 Å². The van der Waals surface area contributed by atoms with Crippen LogP contribution in [0.2, 0.25) is 0 Å². The summed E-state index contributed by atoms with van der Waals surface area (Å²) in [6.07, 6.45) is 2.09. The molecule has 0 saturated carbocycles. The third-order valence-corrected chi connectivity index (χ3v) is 4.17. The van der Waals surface area contributed by atoms with Crippen LogP contribution in [0, 0.1) is 5.41 Å². The van der Waals surface area contributed by atoms with Gasteiger partial charge in [-0.15, -0.1) is 0 Å². The van der Waals surface area contributed by atoms with E-state index in [4.69, 9.17) is 10.5 Å². The fraction of sp³-hybridized carbons (Fsp3) is 0.846. The highest BCUT2D eigenvalue weighted by Crippen LogP contribution is 2.27. The van der Waals surface area contributed by atoms with Crippen molar-refractivity contribution in [1.29, 1.82) is 0 Å². The van der Waals surface area contributed by atoms with Gasteiger partial charge in [0.25, 0.3) is 0 Å². The number of nitrogens with zero attached hydrogens (tertiary/aromatic N) is 1. The van der Waals surface area contributed by atoms with Crippen LogP contribution in [-0.4, -0.2) is 55.1 Å². The number of ether oxygens (including phenoxy) is 1. The highest BCUT2D eigenvalue weighted by molar-refractivity contribution is 5.90. The fourth-order valence-corrected chi connectivity index (χ4v) is 2.56. The first-order valence-corrected chi connectivity index (χ1v) is 6.88. The summed E-state index contributed by atoms with van der Waals surface area (Å²) in [6.45, 7) is 5.79. The van der Waals surface area contributed by atoms with E-state index in [2.05, 4.69) is 5.32 Å². The van der Waals surface area contributed by atoms with Crippen molar-refractivity contribution in [3.8, 4) is 0 Å². The summed E-state index contributed by atoms with van der Waals surface area (Å²) in [5.41, 5.74) is 5.17. The largest absolute Gasteiger partial charge is 0.379 e. The van der Waals surface area contributed by atoms with Gasteiger partial charge in [0.2, 0.25) is 11.8 Å². The number of rotatable bonds is 3. The zero-order chi connectivity index (χ0) is 14.0. The summed E-state index contributed by atoms with van der Waals surface area (Å²) < 4.78 is 5.25. The minimum atomic E-state index is -0.737. The quantitative estimate of drug-likeness (QED) is 0.722. The molecular weight excluding hydrogens is 246 g/mol. The van der Waals surface area contributed by atoms with Crippen molar-refractivity contribution < 1.29 is 14.3 Å². The predicted octanol–water partition coefficient (Wildman–Crippen LogP) is -0.523. The SMILES string of the molecule is CC(NC(=O)C1(C)COCC1N)C(=O)N1CCCC1. The molecule has 2 amide bonds. The minimum absolute atomic E-state index is 0.0121. The second-order valence-electron chi connectivity index (χ2n) is 5.77. The zero-order valence-corrected chi connectivity index (χ0v) is 11.6. The van der Waals surface area contributed by atoms with Crippen LogP contribution < -0.4 is 11.1 Å². The van der Waals surface area contributed by atoms with Crippen molar-refractivity contribution in [2.24, 2.45) is 11.1 Å². The average Bonchev–Trinajstić information content (AvgIpc) is 3.00. The summed E-state index contributed by atoms with van der Waals surface area (Å²) in [5.74, 6) is -0.209. The number of nitrogens with one attached hydrogen (secondary N) is 1. The molecule has 0 spiro atoms. The summed E-state index contributed by atoms with van der Waals surface area (Å²) in [7, 11) is 0. The van der Waals surface area contributed by atoms with Crippen LogP contribution in [0.25, 0.3) is 0 Å². The maximum atomic E-state index is 12.3. The van der Waals surface area contributed by atoms with Crippen molar-refractivity contribution in [3.05, 3.63) is 0 Å². The van der Waals surface area contributed by atoms with Gasteiger partial charge in [-0.2, -0.15) is 0 Å². The number of carbonyl (C=O) groups is 2. The minimum Gasteiger partial charge on any atom is -0.379 e. The van der Waals surface area contributed by atoms with E-state index in [1.54, 1.807) is 18.7 Å². The van der Waals surface area contributed by atoms with E-state index in [0.717, 1.165) is 25.9 Å². The van der Waals surface area contributed by atoms with Crippen LogP contribution in [-0.2, 0) is 14.3 Å². The van der Waals surface area contributed by atoms with Crippen LogP contribution in [0.3, 0.4) is 0 Å². The van der Waals surface area contributed by atoms with E-state index in [0.29, 0.717) is 13.2 Å². The van der Waals surface area contributed by atoms with Crippen molar-refractivity contribution in [2.45, 2.75) is 38.8 Å². The van der Waals surface area contributed by atoms with Crippen LogP contribution >= 0.6 is 0 Å². The molecule has 19 heavy (non-hydrogen) atoms. The number of carbonyl (C=O) groups excluding carboxylic acids is 2. The summed E-state index contributed by atoms with van der Waals surface area (Å²) in [6, 6.07) is -0.822. The lowest BCUT2D eigenvalue weighted by atomic mass is 9.84. The number of hydrogen-bond donors (Lipinski definition) is 2. The Hall–Kier alpha value is -1.14. The summed E-state index contributed by atoms with van der Waals surface area (Å²) in [4.78, 5) is 26.2. The first-order chi connectivity index (χ1) is 8.95. The van der Waals surface area contributed by atoms with Gasteiger partial charge in [-0.1, -0.05) is 0 Å². The van der Waals surface area contributed by atoms with Crippen molar-refractivity contribution in [2.75, 3.05) is 26.3 Å². The van der Waals surface area contributed by atoms with Crippen LogP contribution in [0.4, 0.5) is 0 Å². The van der Waals surface area contributed by atoms with Gasteiger partial charge >= 0.3 is 0 Å². The highest BCUT2D eigenvalue weighted by Gasteiger charge is 2.45. The first-order valence-electron chi connectivity index (χ1n) is 6.88. The lowest BCUT2D eigenvalue weighted by Crippen LogP contribution is -2.55. The monoisotopic (exact) mass is 269 g/mol. The normalized spacial score (nSPS) is 32.4. The van der Waals surface area contributed by atoms with E-state index in [1.807, 2.05) is 0 Å². The van der Waals surface area contributed by atoms with Crippen LogP contribution in [0.5, 0.6) is 0 Å². The Balaban J connectivity index is 1.92. The third-order valence-electron chi connectivity index (χ3n) is 4.17. The molecule has 3 N–H and O–H groups in total. The van der Waals surface area contributed by atoms with E-state index in [-0.39, 0.29) is 17.9 Å². The lowest BCUT2D eigenvalue weighted by molar-refractivity contribution is -0.138. The molecule has 2 fully saturated rings. The molecule has 108 valence electrons. The molecule has 0 bridgehead atoms. The molecule has 2 heterocycles. The number of hydrogen-bond acceptors (Lipinski definition) is 4. The molecule has 6 heteroatoms. The maximum absolute atomic E-state index is 12.3. The highest BCUT2D eigenvalue weighted by atomic mass is 16.5. The molecule has 0 radical (unpaired) electrons. The fourth-order valence-electron chi connectivity index (χ4n) is 2.56. The molecule has 2 rings (SSSR count). The standard InChI is InChI=1S/C13H23N3O3/c1-9(11(17)16-5-3-4-6-16)15-12(18)13(2)8-19-7-10(13)14/h9-10H,3-8,14H2,1-2H3,(H,15,18). The van der Waals surface area contributed by atoms with Gasteiger partial charge in [0.15, 0.2) is 0 Å². The average molecular weight is 269 g/mol. The van der Waals surface area contributed by atoms with Gasteiger partial charge in [0, 0.05) is 19.1 Å². The predicted molar refractivity (Wildman–Crippen MR) is 70.3 cm³/mol. The molecule has 2 aliphatic rings. The van der Waals surface area contributed by atoms with Crippen molar-refractivity contribution in [1.82, 2.24) is 10.2 Å². The van der Waals surface area contributed by atoms with Crippen molar-refractivity contribution >= 4 is 11.8 Å². The number of likely N-dealkylation sites (tertiary alicyclic amines) is 1. The molecular formula is C13H23N3O3. The molecule has 6 nitrogen and oxygen atoms in total. The molecule has 0 aromatic heterocycles. The van der Waals surface area contributed by atoms with Crippen LogP contribution in [0.15, 0.2) is 0 Å². The second kappa shape index (κ2) is 5.46. The van der Waals surface area contributed by atoms with E-state index in [1.165, 1.54) is 0 Å². The smallest absolute Gasteiger partial charge is 0.244 e. The van der Waals surface area contributed by atoms with Crippen LogP contribution in [0.1, 0.15) is 26.7 Å². The molecule has 3 unspecified atom stereocenters. The zero-order valence-electron chi connectivity index (χ0n) is 11.6. The van der Waals surface area contributed by atoms with Gasteiger partial charge in [0.05, 0.1) is 18.6 Å². The second-order valence-corrected chi connectivity index (χ2v) is 5.77. The number of nitrogens with two attached hydrogens (primary N) is 1. The van der Waals surface area contributed by atoms with E-state index in [9.17, 15) is 9.59 Å². The Morgan fingerprint density at radius 3 is 2.58 bits per heavy atom. The molecule has 3 atom stereocenters. The Bertz CT molecular complexity index is 368. The molecule has 2 saturated heterocycles. The Morgan fingerprint density at radius 1 is 1.42 bits per heavy atom. The molecule has 2 aliphatic heterocycles. The van der Waals surface area contributed by atoms with E-state index < -0.39 is 11.5 Å². The van der Waals surface area contributed by atoms with Gasteiger partial charge in [-0.05, 0) is 26.7 Å². The topological polar surface area (TPSA) is 84.7 Å². The van der Waals surface area contributed by atoms with Crippen molar-refractivity contribution in [3.63, 3.8) is 0 Å². The molecule has 0 aromatic carbocycles. The lowest BCUT2D eigenvalue weighted by Gasteiger charge is -2.28. The maximum Gasteiger partial charge on any atom is 0.244 e. The van der Waals surface area contributed by atoms with Gasteiger partial charge in [0.1, 0.15) is 6.04 Å². The summed E-state index contributed by atoms with van der Waals surface area (Å²) in [5, 5.41) is 2.78. The Morgan fingerprint density at radius 2 is 2.05 bits per heavy atom. The van der Waals surface area contributed by atoms with Gasteiger partial charge in [-0.3, -0.25) is 9.59 Å². The van der Waals surface area contributed by atoms with Gasteiger partial charge in [-0.25, -0.2) is 0 Å². The molecule has 0 aliphatic carbocycles. The first kappa shape index (κ1) is 14.3. The number of amides is 2. The van der Waals surface area contributed by atoms with E-state index >= 15 is 0 Å². The van der Waals surface area contributed by atoms with Gasteiger partial charge < -0.3 is 20.7 Å². The third kappa shape index (κ3) is 2.74. The summed E-state index contributed by atoms with van der Waals surface area (Å²) >= 11 is 0. The molecule has 0 aromatic rings. The Kier molecular flexibility index (Phi) is 4.10.